The molecule has 0 spiro atoms. The maximum atomic E-state index is 13.3. The second-order valence-electron chi connectivity index (χ2n) is 6.91. The van der Waals surface area contributed by atoms with E-state index in [2.05, 4.69) is 10.6 Å². The van der Waals surface area contributed by atoms with Crippen LogP contribution in [0.5, 0.6) is 0 Å². The monoisotopic (exact) mass is 421 g/mol. The molecule has 3 rings (SSSR count). The average molecular weight is 422 g/mol. The predicted molar refractivity (Wildman–Crippen MR) is 102 cm³/mol. The van der Waals surface area contributed by atoms with Crippen LogP contribution in [-0.2, 0) is 15.1 Å². The molecule has 4 amide bonds. The first-order valence-electron chi connectivity index (χ1n) is 8.76. The Morgan fingerprint density at radius 3 is 2.41 bits per heavy atom. The summed E-state index contributed by atoms with van der Waals surface area (Å²) in [5.41, 5.74) is -0.633. The van der Waals surface area contributed by atoms with Gasteiger partial charge in [0.2, 0.25) is 5.91 Å². The summed E-state index contributed by atoms with van der Waals surface area (Å²) in [6.07, 6.45) is 0. The Bertz CT molecular complexity index is 983. The Labute approximate surface area is 170 Å². The summed E-state index contributed by atoms with van der Waals surface area (Å²) in [6.45, 7) is 2.62. The molecule has 0 aromatic heterocycles. The average Bonchev–Trinajstić information content (AvgIpc) is 2.85. The van der Waals surface area contributed by atoms with Crippen LogP contribution in [0.4, 0.5) is 13.6 Å². The molecule has 1 saturated heterocycles. The SMILES string of the molecule is CC(NC(=O)CN1C(=O)NC(C)(c2ccc(F)cc2Cl)C1=O)c1ccc(F)cc1. The predicted octanol–water partition coefficient (Wildman–Crippen LogP) is 3.26. The Balaban J connectivity index is 1.72. The van der Waals surface area contributed by atoms with E-state index in [4.69, 9.17) is 11.6 Å². The molecule has 2 atom stereocenters. The van der Waals surface area contributed by atoms with Crippen LogP contribution in [0.15, 0.2) is 42.5 Å². The van der Waals surface area contributed by atoms with Gasteiger partial charge >= 0.3 is 6.03 Å². The summed E-state index contributed by atoms with van der Waals surface area (Å²) in [4.78, 5) is 38.3. The van der Waals surface area contributed by atoms with Crippen LogP contribution in [-0.4, -0.2) is 29.3 Å². The van der Waals surface area contributed by atoms with Gasteiger partial charge in [0.1, 0.15) is 23.7 Å². The third-order valence-corrected chi connectivity index (χ3v) is 5.11. The van der Waals surface area contributed by atoms with Gasteiger partial charge in [-0.2, -0.15) is 0 Å². The lowest BCUT2D eigenvalue weighted by atomic mass is 9.92. The van der Waals surface area contributed by atoms with Crippen LogP contribution in [0.2, 0.25) is 5.02 Å². The van der Waals surface area contributed by atoms with Crippen LogP contribution in [0.25, 0.3) is 0 Å². The number of halogens is 3. The first-order valence-corrected chi connectivity index (χ1v) is 9.14. The summed E-state index contributed by atoms with van der Waals surface area (Å²) < 4.78 is 26.4. The number of nitrogens with zero attached hydrogens (tertiary/aromatic N) is 1. The molecule has 1 aliphatic rings. The smallest absolute Gasteiger partial charge is 0.325 e. The number of hydrogen-bond acceptors (Lipinski definition) is 3. The van der Waals surface area contributed by atoms with E-state index in [1.54, 1.807) is 6.92 Å². The van der Waals surface area contributed by atoms with E-state index in [-0.39, 0.29) is 10.6 Å². The lowest BCUT2D eigenvalue weighted by Gasteiger charge is -2.23. The van der Waals surface area contributed by atoms with Crippen LogP contribution in [0.1, 0.15) is 31.0 Å². The lowest BCUT2D eigenvalue weighted by molar-refractivity contribution is -0.135. The normalized spacial score (nSPS) is 19.8. The van der Waals surface area contributed by atoms with Crippen LogP contribution >= 0.6 is 11.6 Å². The van der Waals surface area contributed by atoms with Crippen molar-refractivity contribution in [3.05, 3.63) is 70.2 Å². The highest BCUT2D eigenvalue weighted by Gasteiger charge is 2.50. The maximum Gasteiger partial charge on any atom is 0.325 e. The molecule has 0 aliphatic carbocycles. The molecule has 1 aliphatic heterocycles. The molecule has 9 heteroatoms. The fourth-order valence-corrected chi connectivity index (χ4v) is 3.54. The molecule has 0 saturated carbocycles. The minimum absolute atomic E-state index is 0.0163. The molecule has 1 heterocycles. The fraction of sp³-hybridized carbons (Fsp3) is 0.250. The van der Waals surface area contributed by atoms with Crippen molar-refractivity contribution >= 4 is 29.4 Å². The fourth-order valence-electron chi connectivity index (χ4n) is 3.18. The Morgan fingerprint density at radius 1 is 1.17 bits per heavy atom. The highest BCUT2D eigenvalue weighted by atomic mass is 35.5. The van der Waals surface area contributed by atoms with Crippen molar-refractivity contribution in [2.24, 2.45) is 0 Å². The number of amides is 4. The van der Waals surface area contributed by atoms with Gasteiger partial charge in [-0.1, -0.05) is 29.8 Å². The number of carbonyl (C=O) groups is 3. The van der Waals surface area contributed by atoms with Crippen LogP contribution in [0.3, 0.4) is 0 Å². The van der Waals surface area contributed by atoms with Crippen molar-refractivity contribution in [1.82, 2.24) is 15.5 Å². The third-order valence-electron chi connectivity index (χ3n) is 4.79. The number of imide groups is 1. The third kappa shape index (κ3) is 4.07. The zero-order valence-corrected chi connectivity index (χ0v) is 16.4. The zero-order valence-electron chi connectivity index (χ0n) is 15.6. The van der Waals surface area contributed by atoms with E-state index in [1.165, 1.54) is 37.3 Å². The van der Waals surface area contributed by atoms with Gasteiger partial charge in [-0.05, 0) is 43.7 Å². The molecule has 2 N–H and O–H groups in total. The number of rotatable bonds is 5. The van der Waals surface area contributed by atoms with E-state index >= 15 is 0 Å². The minimum atomic E-state index is -1.52. The Hall–Kier alpha value is -3.00. The van der Waals surface area contributed by atoms with Crippen molar-refractivity contribution in [3.63, 3.8) is 0 Å². The Kier molecular flexibility index (Phi) is 5.57. The minimum Gasteiger partial charge on any atom is -0.348 e. The van der Waals surface area contributed by atoms with Gasteiger partial charge in [0, 0.05) is 10.6 Å². The number of carbonyl (C=O) groups excluding carboxylic acids is 3. The number of urea groups is 1. The van der Waals surface area contributed by atoms with Crippen LogP contribution < -0.4 is 10.6 Å². The summed E-state index contributed by atoms with van der Waals surface area (Å²) >= 11 is 6.05. The van der Waals surface area contributed by atoms with Crippen molar-refractivity contribution in [3.8, 4) is 0 Å². The molecule has 0 bridgehead atoms. The summed E-state index contributed by atoms with van der Waals surface area (Å²) in [5, 5.41) is 5.15. The molecule has 1 fully saturated rings. The Morgan fingerprint density at radius 2 is 1.79 bits per heavy atom. The number of hydrogen-bond donors (Lipinski definition) is 2. The van der Waals surface area contributed by atoms with Crippen LogP contribution in [0, 0.1) is 11.6 Å². The molecule has 29 heavy (non-hydrogen) atoms. The molecule has 6 nitrogen and oxygen atoms in total. The quantitative estimate of drug-likeness (QED) is 0.727. The first-order chi connectivity index (χ1) is 13.6. The number of benzene rings is 2. The molecule has 2 aromatic rings. The maximum absolute atomic E-state index is 13.3. The van der Waals surface area contributed by atoms with E-state index in [9.17, 15) is 23.2 Å². The summed E-state index contributed by atoms with van der Waals surface area (Å²) in [7, 11) is 0. The van der Waals surface area contributed by atoms with Gasteiger partial charge < -0.3 is 10.6 Å². The van der Waals surface area contributed by atoms with Crippen molar-refractivity contribution in [1.29, 1.82) is 0 Å². The van der Waals surface area contributed by atoms with E-state index in [1.807, 2.05) is 0 Å². The van der Waals surface area contributed by atoms with Gasteiger partial charge in [0.15, 0.2) is 0 Å². The van der Waals surface area contributed by atoms with Gasteiger partial charge in [-0.15, -0.1) is 0 Å². The summed E-state index contributed by atoms with van der Waals surface area (Å²) in [6, 6.07) is 7.87. The second-order valence-corrected chi connectivity index (χ2v) is 7.32. The van der Waals surface area contributed by atoms with Gasteiger partial charge in [-0.25, -0.2) is 13.6 Å². The summed E-state index contributed by atoms with van der Waals surface area (Å²) in [5.74, 6) is -2.23. The van der Waals surface area contributed by atoms with Crippen molar-refractivity contribution < 1.29 is 23.2 Å². The molecular weight excluding hydrogens is 404 g/mol. The largest absolute Gasteiger partial charge is 0.348 e. The topological polar surface area (TPSA) is 78.5 Å². The van der Waals surface area contributed by atoms with Crippen molar-refractivity contribution in [2.75, 3.05) is 6.54 Å². The van der Waals surface area contributed by atoms with E-state index in [0.29, 0.717) is 5.56 Å². The zero-order chi connectivity index (χ0) is 21.3. The molecular formula is C20H18ClF2N3O3. The molecule has 152 valence electrons. The molecule has 0 radical (unpaired) electrons. The highest BCUT2D eigenvalue weighted by molar-refractivity contribution is 6.32. The van der Waals surface area contributed by atoms with Crippen molar-refractivity contribution in [2.45, 2.75) is 25.4 Å². The van der Waals surface area contributed by atoms with E-state index < -0.39 is 47.6 Å². The lowest BCUT2D eigenvalue weighted by Crippen LogP contribution is -2.43. The standard InChI is InChI=1S/C20H18ClF2N3O3/c1-11(12-3-5-13(22)6-4-12)24-17(27)10-26-18(28)20(2,25-19(26)29)15-8-7-14(23)9-16(15)21/h3-9,11H,10H2,1-2H3,(H,24,27)(H,25,29). The van der Waals surface area contributed by atoms with Gasteiger partial charge in [0.25, 0.3) is 5.91 Å². The second kappa shape index (κ2) is 7.79. The van der Waals surface area contributed by atoms with Gasteiger partial charge in [-0.3, -0.25) is 14.5 Å². The van der Waals surface area contributed by atoms with E-state index in [0.717, 1.165) is 17.0 Å². The van der Waals surface area contributed by atoms with Gasteiger partial charge in [0.05, 0.1) is 6.04 Å². The molecule has 2 unspecified atom stereocenters. The first kappa shape index (κ1) is 20.7. The molecule has 2 aromatic carbocycles. The highest BCUT2D eigenvalue weighted by Crippen LogP contribution is 2.33. The number of nitrogens with one attached hydrogen (secondary N) is 2.